The Morgan fingerprint density at radius 3 is 2.96 bits per heavy atom. The minimum absolute atomic E-state index is 0.220. The zero-order chi connectivity index (χ0) is 19.3. The summed E-state index contributed by atoms with van der Waals surface area (Å²) in [6, 6.07) is 9.22. The van der Waals surface area contributed by atoms with Crippen LogP contribution in [0.15, 0.2) is 41.2 Å². The van der Waals surface area contributed by atoms with Crippen LogP contribution in [0.4, 0.5) is 4.39 Å². The number of ether oxygens (including phenoxy) is 2. The monoisotopic (exact) mass is 382 g/mol. The molecular formula is C19H15FN4O4. The van der Waals surface area contributed by atoms with Crippen LogP contribution in [0.1, 0.15) is 15.9 Å². The third-order valence-corrected chi connectivity index (χ3v) is 4.89. The van der Waals surface area contributed by atoms with Gasteiger partial charge < -0.3 is 9.47 Å². The van der Waals surface area contributed by atoms with Gasteiger partial charge in [0, 0.05) is 0 Å². The largest absolute Gasteiger partial charge is 0.446 e. The second-order valence-corrected chi connectivity index (χ2v) is 6.66. The van der Waals surface area contributed by atoms with Gasteiger partial charge in [0.2, 0.25) is 0 Å². The zero-order valence-electron chi connectivity index (χ0n) is 14.7. The van der Waals surface area contributed by atoms with E-state index in [1.165, 1.54) is 33.8 Å². The van der Waals surface area contributed by atoms with Gasteiger partial charge in [-0.2, -0.15) is 0 Å². The highest BCUT2D eigenvalue weighted by atomic mass is 19.1. The average Bonchev–Trinajstić information content (AvgIpc) is 3.16. The fourth-order valence-corrected chi connectivity index (χ4v) is 3.45. The van der Waals surface area contributed by atoms with Crippen LogP contribution in [0.3, 0.4) is 0 Å². The first kappa shape index (κ1) is 16.8. The van der Waals surface area contributed by atoms with Crippen molar-refractivity contribution in [1.29, 1.82) is 0 Å². The van der Waals surface area contributed by atoms with Gasteiger partial charge in [-0.15, -0.1) is 5.10 Å². The second-order valence-electron chi connectivity index (χ2n) is 6.66. The number of halogens is 1. The number of carbonyl (C=O) groups is 1. The summed E-state index contributed by atoms with van der Waals surface area (Å²) in [5.41, 5.74) is 1.06. The predicted octanol–water partition coefficient (Wildman–Crippen LogP) is 1.32. The Morgan fingerprint density at radius 2 is 2.11 bits per heavy atom. The smallest absolute Gasteiger partial charge is 0.286 e. The summed E-state index contributed by atoms with van der Waals surface area (Å²) in [6.45, 7) is 1.10. The van der Waals surface area contributed by atoms with Gasteiger partial charge in [-0.3, -0.25) is 14.5 Å². The Balaban J connectivity index is 1.49. The summed E-state index contributed by atoms with van der Waals surface area (Å²) in [5, 5.41) is 8.33. The Kier molecular flexibility index (Phi) is 3.83. The van der Waals surface area contributed by atoms with Gasteiger partial charge in [0.05, 0.1) is 30.6 Å². The lowest BCUT2D eigenvalue weighted by molar-refractivity contribution is -0.106. The molecule has 8 nitrogen and oxygen atoms in total. The molecule has 0 saturated carbocycles. The maximum absolute atomic E-state index is 13.3. The Morgan fingerprint density at radius 1 is 1.21 bits per heavy atom. The van der Waals surface area contributed by atoms with E-state index in [-0.39, 0.29) is 23.8 Å². The predicted molar refractivity (Wildman–Crippen MR) is 95.3 cm³/mol. The SMILES string of the molecule is O=C1c2cc3nnn(CCc4cccc(F)c4)c(=O)c3cc2OC2OCCN12. The van der Waals surface area contributed by atoms with Crippen molar-refractivity contribution in [2.45, 2.75) is 19.4 Å². The molecule has 3 heterocycles. The van der Waals surface area contributed by atoms with Gasteiger partial charge in [-0.1, -0.05) is 17.3 Å². The van der Waals surface area contributed by atoms with Crippen LogP contribution in [0, 0.1) is 5.82 Å². The highest BCUT2D eigenvalue weighted by molar-refractivity contribution is 6.01. The third-order valence-electron chi connectivity index (χ3n) is 4.89. The van der Waals surface area contributed by atoms with Crippen LogP contribution < -0.4 is 10.3 Å². The quantitative estimate of drug-likeness (QED) is 0.679. The number of benzene rings is 2. The Hall–Kier alpha value is -3.33. The molecule has 28 heavy (non-hydrogen) atoms. The van der Waals surface area contributed by atoms with Gasteiger partial charge in [-0.25, -0.2) is 9.07 Å². The normalized spacial score (nSPS) is 18.1. The summed E-state index contributed by atoms with van der Waals surface area (Å²) in [5.74, 6) is -0.253. The van der Waals surface area contributed by atoms with Crippen LogP contribution >= 0.6 is 0 Å². The fraction of sp³-hybridized carbons (Fsp3) is 0.263. The molecule has 2 aliphatic rings. The number of hydrogen-bond acceptors (Lipinski definition) is 6. The molecule has 9 heteroatoms. The first-order valence-electron chi connectivity index (χ1n) is 8.85. The summed E-state index contributed by atoms with van der Waals surface area (Å²) >= 11 is 0. The number of hydrogen-bond donors (Lipinski definition) is 0. The number of aryl methyl sites for hydroxylation is 2. The first-order chi connectivity index (χ1) is 13.6. The van der Waals surface area contributed by atoms with E-state index in [1.54, 1.807) is 12.1 Å². The molecule has 1 amide bonds. The van der Waals surface area contributed by atoms with Gasteiger partial charge in [0.1, 0.15) is 17.1 Å². The molecule has 0 aliphatic carbocycles. The molecule has 1 unspecified atom stereocenters. The minimum Gasteiger partial charge on any atom is -0.446 e. The molecule has 2 aromatic carbocycles. The van der Waals surface area contributed by atoms with Crippen molar-refractivity contribution in [2.24, 2.45) is 0 Å². The number of aromatic nitrogens is 3. The van der Waals surface area contributed by atoms with E-state index in [2.05, 4.69) is 10.3 Å². The third kappa shape index (κ3) is 2.71. The molecule has 5 rings (SSSR count). The van der Waals surface area contributed by atoms with Gasteiger partial charge in [0.15, 0.2) is 0 Å². The van der Waals surface area contributed by atoms with Crippen LogP contribution in [-0.2, 0) is 17.7 Å². The zero-order valence-corrected chi connectivity index (χ0v) is 14.7. The second kappa shape index (κ2) is 6.38. The Bertz CT molecular complexity index is 1160. The van der Waals surface area contributed by atoms with E-state index in [0.29, 0.717) is 41.8 Å². The van der Waals surface area contributed by atoms with Gasteiger partial charge in [-0.05, 0) is 36.2 Å². The number of amides is 1. The van der Waals surface area contributed by atoms with Crippen molar-refractivity contribution in [3.8, 4) is 5.75 Å². The van der Waals surface area contributed by atoms with E-state index >= 15 is 0 Å². The molecule has 1 aromatic heterocycles. The van der Waals surface area contributed by atoms with E-state index < -0.39 is 6.41 Å². The van der Waals surface area contributed by atoms with Crippen molar-refractivity contribution < 1.29 is 18.7 Å². The van der Waals surface area contributed by atoms with E-state index in [4.69, 9.17) is 9.47 Å². The molecule has 2 aliphatic heterocycles. The van der Waals surface area contributed by atoms with Crippen molar-refractivity contribution in [3.63, 3.8) is 0 Å². The van der Waals surface area contributed by atoms with Crippen molar-refractivity contribution in [1.82, 2.24) is 19.9 Å². The first-order valence-corrected chi connectivity index (χ1v) is 8.85. The molecule has 3 aromatic rings. The number of carbonyl (C=O) groups excluding carboxylic acids is 1. The summed E-state index contributed by atoms with van der Waals surface area (Å²) in [4.78, 5) is 26.9. The number of nitrogens with zero attached hydrogens (tertiary/aromatic N) is 4. The molecule has 0 radical (unpaired) electrons. The van der Waals surface area contributed by atoms with Gasteiger partial charge in [0.25, 0.3) is 17.9 Å². The highest BCUT2D eigenvalue weighted by Gasteiger charge is 2.38. The molecule has 0 N–H and O–H groups in total. The van der Waals surface area contributed by atoms with Crippen molar-refractivity contribution in [3.05, 3.63) is 63.7 Å². The molecule has 1 fully saturated rings. The van der Waals surface area contributed by atoms with Crippen LogP contribution in [0.5, 0.6) is 5.75 Å². The van der Waals surface area contributed by atoms with E-state index in [1.807, 2.05) is 0 Å². The lowest BCUT2D eigenvalue weighted by Crippen LogP contribution is -2.43. The maximum atomic E-state index is 13.3. The molecule has 142 valence electrons. The maximum Gasteiger partial charge on any atom is 0.286 e. The average molecular weight is 382 g/mol. The van der Waals surface area contributed by atoms with Gasteiger partial charge >= 0.3 is 0 Å². The standard InChI is InChI=1S/C19H15FN4O4/c20-12-3-1-2-11(8-12)4-5-24-18(26)13-10-16-14(9-15(13)21-22-24)17(25)23-6-7-27-19(23)28-16/h1-3,8-10,19H,4-7H2. The molecule has 1 saturated heterocycles. The van der Waals surface area contributed by atoms with Crippen LogP contribution in [0.2, 0.25) is 0 Å². The van der Waals surface area contributed by atoms with Crippen molar-refractivity contribution >= 4 is 16.8 Å². The molecule has 0 spiro atoms. The van der Waals surface area contributed by atoms with Crippen LogP contribution in [-0.4, -0.2) is 45.4 Å². The molecular weight excluding hydrogens is 367 g/mol. The van der Waals surface area contributed by atoms with Crippen LogP contribution in [0.25, 0.3) is 10.9 Å². The summed E-state index contributed by atoms with van der Waals surface area (Å²) in [6.07, 6.45) is -0.328. The van der Waals surface area contributed by atoms with Crippen molar-refractivity contribution in [2.75, 3.05) is 13.2 Å². The number of fused-ring (bicyclic) bond motifs is 3. The summed E-state index contributed by atoms with van der Waals surface area (Å²) < 4.78 is 25.6. The minimum atomic E-state index is -0.762. The topological polar surface area (TPSA) is 86.5 Å². The number of rotatable bonds is 3. The Labute approximate surface area is 158 Å². The lowest BCUT2D eigenvalue weighted by atomic mass is 10.1. The lowest BCUT2D eigenvalue weighted by Gasteiger charge is -2.29. The van der Waals surface area contributed by atoms with E-state index in [9.17, 15) is 14.0 Å². The highest BCUT2D eigenvalue weighted by Crippen LogP contribution is 2.32. The molecule has 1 atom stereocenters. The molecule has 0 bridgehead atoms. The summed E-state index contributed by atoms with van der Waals surface area (Å²) in [7, 11) is 0. The fourth-order valence-electron chi connectivity index (χ4n) is 3.45. The van der Waals surface area contributed by atoms with E-state index in [0.717, 1.165) is 5.56 Å².